The lowest BCUT2D eigenvalue weighted by Crippen LogP contribution is -2.48. The van der Waals surface area contributed by atoms with E-state index in [0.717, 1.165) is 50.8 Å². The third-order valence-corrected chi connectivity index (χ3v) is 4.85. The number of fused-ring (bicyclic) bond motifs is 1. The van der Waals surface area contributed by atoms with Crippen LogP contribution in [0.2, 0.25) is 0 Å². The lowest BCUT2D eigenvalue weighted by Gasteiger charge is -2.33. The first-order valence-electron chi connectivity index (χ1n) is 8.54. The summed E-state index contributed by atoms with van der Waals surface area (Å²) in [7, 11) is 0. The van der Waals surface area contributed by atoms with Gasteiger partial charge in [-0.15, -0.1) is 0 Å². The van der Waals surface area contributed by atoms with Gasteiger partial charge in [0.25, 0.3) is 5.91 Å². The SMILES string of the molecule is Cc1cnc(C(=O)N2CCCCCNC(=O)[C@@H]3CCC[C@@H]32)cn1. The van der Waals surface area contributed by atoms with Gasteiger partial charge < -0.3 is 10.2 Å². The molecule has 1 N–H and O–H groups in total. The number of nitrogens with zero attached hydrogens (tertiary/aromatic N) is 3. The van der Waals surface area contributed by atoms with E-state index >= 15 is 0 Å². The Hall–Kier alpha value is -1.98. The van der Waals surface area contributed by atoms with Gasteiger partial charge in [-0.05, 0) is 39.0 Å². The summed E-state index contributed by atoms with van der Waals surface area (Å²) in [5, 5.41) is 3.03. The molecule has 1 aromatic heterocycles. The van der Waals surface area contributed by atoms with Gasteiger partial charge in [-0.25, -0.2) is 4.98 Å². The third-order valence-electron chi connectivity index (χ3n) is 4.85. The summed E-state index contributed by atoms with van der Waals surface area (Å²) in [5.74, 6) is -0.0829. The summed E-state index contributed by atoms with van der Waals surface area (Å²) in [6.45, 7) is 3.30. The van der Waals surface area contributed by atoms with Crippen molar-refractivity contribution < 1.29 is 9.59 Å². The first kappa shape index (κ1) is 15.9. The van der Waals surface area contributed by atoms with Crippen molar-refractivity contribution in [2.24, 2.45) is 5.92 Å². The Labute approximate surface area is 136 Å². The van der Waals surface area contributed by atoms with Crippen LogP contribution in [0, 0.1) is 12.8 Å². The van der Waals surface area contributed by atoms with Crippen LogP contribution in [0.25, 0.3) is 0 Å². The first-order valence-corrected chi connectivity index (χ1v) is 8.54. The molecule has 2 aliphatic rings. The Morgan fingerprint density at radius 1 is 1.17 bits per heavy atom. The summed E-state index contributed by atoms with van der Waals surface area (Å²) < 4.78 is 0. The maximum Gasteiger partial charge on any atom is 0.274 e. The zero-order valence-electron chi connectivity index (χ0n) is 13.6. The topological polar surface area (TPSA) is 75.2 Å². The molecule has 1 saturated carbocycles. The molecule has 1 aliphatic carbocycles. The Kier molecular flexibility index (Phi) is 4.88. The predicted octanol–water partition coefficient (Wildman–Crippen LogP) is 1.70. The van der Waals surface area contributed by atoms with Crippen LogP contribution in [0.5, 0.6) is 0 Å². The highest BCUT2D eigenvalue weighted by Crippen LogP contribution is 2.31. The maximum atomic E-state index is 12.9. The lowest BCUT2D eigenvalue weighted by molar-refractivity contribution is -0.126. The molecule has 3 rings (SSSR count). The smallest absolute Gasteiger partial charge is 0.274 e. The minimum Gasteiger partial charge on any atom is -0.356 e. The van der Waals surface area contributed by atoms with Gasteiger partial charge in [-0.1, -0.05) is 6.42 Å². The van der Waals surface area contributed by atoms with Gasteiger partial charge in [0, 0.05) is 25.3 Å². The minimum atomic E-state index is -0.0947. The maximum absolute atomic E-state index is 12.9. The summed E-state index contributed by atoms with van der Waals surface area (Å²) >= 11 is 0. The first-order chi connectivity index (χ1) is 11.2. The summed E-state index contributed by atoms with van der Waals surface area (Å²) in [5.41, 5.74) is 1.17. The van der Waals surface area contributed by atoms with Crippen LogP contribution in [-0.2, 0) is 4.79 Å². The third kappa shape index (κ3) is 3.51. The Morgan fingerprint density at radius 2 is 2.04 bits per heavy atom. The summed E-state index contributed by atoms with van der Waals surface area (Å²) in [4.78, 5) is 35.6. The highest BCUT2D eigenvalue weighted by atomic mass is 16.2. The van der Waals surface area contributed by atoms with Crippen LogP contribution < -0.4 is 5.32 Å². The number of amides is 2. The molecule has 2 atom stereocenters. The molecular formula is C17H24N4O2. The molecule has 2 amide bonds. The number of rotatable bonds is 1. The van der Waals surface area contributed by atoms with E-state index in [2.05, 4.69) is 15.3 Å². The number of hydrogen-bond acceptors (Lipinski definition) is 4. The zero-order valence-corrected chi connectivity index (χ0v) is 13.6. The summed E-state index contributed by atoms with van der Waals surface area (Å²) in [6, 6.07) is -0.0105. The average molecular weight is 316 g/mol. The van der Waals surface area contributed by atoms with Gasteiger partial charge in [0.1, 0.15) is 5.69 Å². The molecule has 1 aromatic rings. The van der Waals surface area contributed by atoms with Crippen molar-refractivity contribution in [3.05, 3.63) is 23.8 Å². The van der Waals surface area contributed by atoms with Crippen LogP contribution in [0.3, 0.4) is 0 Å². The predicted molar refractivity (Wildman–Crippen MR) is 85.8 cm³/mol. The molecule has 0 bridgehead atoms. The molecule has 1 saturated heterocycles. The minimum absolute atomic E-state index is 0.0105. The van der Waals surface area contributed by atoms with E-state index in [9.17, 15) is 9.59 Å². The van der Waals surface area contributed by atoms with E-state index in [1.54, 1.807) is 12.4 Å². The van der Waals surface area contributed by atoms with Crippen molar-refractivity contribution in [1.29, 1.82) is 0 Å². The van der Waals surface area contributed by atoms with Gasteiger partial charge in [0.05, 0.1) is 17.8 Å². The second kappa shape index (κ2) is 7.06. The van der Waals surface area contributed by atoms with Gasteiger partial charge >= 0.3 is 0 Å². The van der Waals surface area contributed by atoms with E-state index in [4.69, 9.17) is 0 Å². The van der Waals surface area contributed by atoms with Crippen LogP contribution in [0.15, 0.2) is 12.4 Å². The van der Waals surface area contributed by atoms with Crippen LogP contribution >= 0.6 is 0 Å². The van der Waals surface area contributed by atoms with Gasteiger partial charge in [0.15, 0.2) is 0 Å². The van der Waals surface area contributed by atoms with Gasteiger partial charge in [-0.2, -0.15) is 0 Å². The molecule has 0 spiro atoms. The second-order valence-corrected chi connectivity index (χ2v) is 6.50. The van der Waals surface area contributed by atoms with Gasteiger partial charge in [-0.3, -0.25) is 14.6 Å². The quantitative estimate of drug-likeness (QED) is 0.855. The molecule has 23 heavy (non-hydrogen) atoms. The fourth-order valence-corrected chi connectivity index (χ4v) is 3.61. The lowest BCUT2D eigenvalue weighted by atomic mass is 9.99. The number of nitrogens with one attached hydrogen (secondary N) is 1. The van der Waals surface area contributed by atoms with Crippen LogP contribution in [-0.4, -0.2) is 45.8 Å². The highest BCUT2D eigenvalue weighted by molar-refractivity contribution is 5.93. The monoisotopic (exact) mass is 316 g/mol. The van der Waals surface area contributed by atoms with Crippen LogP contribution in [0.4, 0.5) is 0 Å². The number of aryl methyl sites for hydroxylation is 1. The van der Waals surface area contributed by atoms with Crippen molar-refractivity contribution in [3.8, 4) is 0 Å². The zero-order chi connectivity index (χ0) is 16.2. The standard InChI is InChI=1S/C17H24N4O2/c1-12-10-20-14(11-19-12)17(23)21-9-4-2-3-8-18-16(22)13-6-5-7-15(13)21/h10-11,13,15H,2-9H2,1H3,(H,18,22)/t13-,15+/m1/s1. The van der Waals surface area contributed by atoms with Gasteiger partial charge in [0.2, 0.25) is 5.91 Å². The molecule has 0 radical (unpaired) electrons. The van der Waals surface area contributed by atoms with Crippen LogP contribution in [0.1, 0.15) is 54.7 Å². The Balaban J connectivity index is 1.84. The van der Waals surface area contributed by atoms with Crippen molar-refractivity contribution in [2.75, 3.05) is 13.1 Å². The molecule has 6 nitrogen and oxygen atoms in total. The highest BCUT2D eigenvalue weighted by Gasteiger charge is 2.39. The van der Waals surface area contributed by atoms with Crippen molar-refractivity contribution in [2.45, 2.75) is 51.5 Å². The normalized spacial score (nSPS) is 25.6. The fourth-order valence-electron chi connectivity index (χ4n) is 3.61. The number of carbonyl (C=O) groups excluding carboxylic acids is 2. The van der Waals surface area contributed by atoms with E-state index in [-0.39, 0.29) is 23.8 Å². The number of aromatic nitrogens is 2. The molecule has 2 fully saturated rings. The number of carbonyl (C=O) groups is 2. The van der Waals surface area contributed by atoms with Crippen molar-refractivity contribution in [1.82, 2.24) is 20.2 Å². The molecule has 2 heterocycles. The Morgan fingerprint density at radius 3 is 2.83 bits per heavy atom. The molecule has 0 unspecified atom stereocenters. The van der Waals surface area contributed by atoms with E-state index in [1.807, 2.05) is 11.8 Å². The largest absolute Gasteiger partial charge is 0.356 e. The van der Waals surface area contributed by atoms with E-state index in [1.165, 1.54) is 0 Å². The van der Waals surface area contributed by atoms with Crippen molar-refractivity contribution in [3.63, 3.8) is 0 Å². The molecular weight excluding hydrogens is 292 g/mol. The number of hydrogen-bond donors (Lipinski definition) is 1. The molecule has 124 valence electrons. The molecule has 6 heteroatoms. The summed E-state index contributed by atoms with van der Waals surface area (Å²) in [6.07, 6.45) is 8.85. The van der Waals surface area contributed by atoms with Crippen molar-refractivity contribution >= 4 is 11.8 Å². The average Bonchev–Trinajstić information content (AvgIpc) is 3.03. The van der Waals surface area contributed by atoms with E-state index in [0.29, 0.717) is 12.2 Å². The van der Waals surface area contributed by atoms with E-state index < -0.39 is 0 Å². The molecule has 1 aliphatic heterocycles. The second-order valence-electron chi connectivity index (χ2n) is 6.50. The fraction of sp³-hybridized carbons (Fsp3) is 0.647. The Bertz CT molecular complexity index is 572. The molecule has 0 aromatic carbocycles.